The van der Waals surface area contributed by atoms with E-state index in [0.717, 1.165) is 31.9 Å². The molecule has 2 unspecified atom stereocenters. The smallest absolute Gasteiger partial charge is 0.118 e. The molecule has 0 amide bonds. The average molecular weight is 277 g/mol. The lowest BCUT2D eigenvalue weighted by atomic mass is 10.1. The molecule has 2 aliphatic rings. The van der Waals surface area contributed by atoms with Gasteiger partial charge < -0.3 is 19.5 Å². The van der Waals surface area contributed by atoms with Gasteiger partial charge in [0.1, 0.15) is 5.75 Å². The van der Waals surface area contributed by atoms with Gasteiger partial charge in [0.05, 0.1) is 25.9 Å². The van der Waals surface area contributed by atoms with Gasteiger partial charge in [0.2, 0.25) is 0 Å². The Morgan fingerprint density at radius 1 is 1.25 bits per heavy atom. The number of hydrogen-bond acceptors (Lipinski definition) is 4. The summed E-state index contributed by atoms with van der Waals surface area (Å²) in [6.07, 6.45) is 3.90. The van der Waals surface area contributed by atoms with Crippen molar-refractivity contribution < 1.29 is 14.2 Å². The van der Waals surface area contributed by atoms with Crippen LogP contribution in [0.4, 0.5) is 0 Å². The molecular formula is C16H23NO3. The molecule has 20 heavy (non-hydrogen) atoms. The Balaban J connectivity index is 1.64. The third-order valence-corrected chi connectivity index (χ3v) is 3.90. The van der Waals surface area contributed by atoms with Crippen LogP contribution in [0.15, 0.2) is 24.3 Å². The van der Waals surface area contributed by atoms with Crippen LogP contribution in [0.5, 0.6) is 5.75 Å². The number of hydrogen-bond donors (Lipinski definition) is 1. The Morgan fingerprint density at radius 2 is 2.05 bits per heavy atom. The maximum atomic E-state index is 6.22. The lowest BCUT2D eigenvalue weighted by Crippen LogP contribution is -2.28. The Morgan fingerprint density at radius 3 is 2.65 bits per heavy atom. The van der Waals surface area contributed by atoms with E-state index in [1.807, 2.05) is 12.1 Å². The van der Waals surface area contributed by atoms with Crippen molar-refractivity contribution in [3.63, 3.8) is 0 Å². The molecule has 1 aromatic rings. The van der Waals surface area contributed by atoms with Crippen LogP contribution in [0.25, 0.3) is 0 Å². The van der Waals surface area contributed by atoms with E-state index in [0.29, 0.717) is 6.04 Å². The zero-order valence-corrected chi connectivity index (χ0v) is 12.0. The summed E-state index contributed by atoms with van der Waals surface area (Å²) in [7, 11) is 1.69. The summed E-state index contributed by atoms with van der Waals surface area (Å²) in [6, 6.07) is 8.86. The van der Waals surface area contributed by atoms with E-state index in [1.165, 1.54) is 18.4 Å². The van der Waals surface area contributed by atoms with Crippen LogP contribution in [0.3, 0.4) is 0 Å². The molecule has 4 nitrogen and oxygen atoms in total. The molecule has 0 aromatic heterocycles. The van der Waals surface area contributed by atoms with E-state index in [4.69, 9.17) is 14.2 Å². The van der Waals surface area contributed by atoms with Crippen LogP contribution in [-0.4, -0.2) is 39.0 Å². The number of benzene rings is 1. The average Bonchev–Trinajstić information content (AvgIpc) is 3.18. The van der Waals surface area contributed by atoms with Gasteiger partial charge in [-0.05, 0) is 37.0 Å². The molecule has 1 saturated heterocycles. The quantitative estimate of drug-likeness (QED) is 0.830. The Kier molecular flexibility index (Phi) is 4.55. The van der Waals surface area contributed by atoms with Gasteiger partial charge in [0, 0.05) is 19.2 Å². The predicted octanol–water partition coefficient (Wildman–Crippen LogP) is 2.29. The summed E-state index contributed by atoms with van der Waals surface area (Å²) in [5.74, 6) is 0.881. The summed E-state index contributed by atoms with van der Waals surface area (Å²) < 4.78 is 16.8. The fraction of sp³-hybridized carbons (Fsp3) is 0.625. The maximum absolute atomic E-state index is 6.22. The fourth-order valence-corrected chi connectivity index (χ4v) is 2.48. The van der Waals surface area contributed by atoms with Gasteiger partial charge in [-0.15, -0.1) is 0 Å². The van der Waals surface area contributed by atoms with Crippen molar-refractivity contribution in [2.75, 3.05) is 26.9 Å². The van der Waals surface area contributed by atoms with Crippen molar-refractivity contribution in [2.45, 2.75) is 37.5 Å². The Labute approximate surface area is 120 Å². The van der Waals surface area contributed by atoms with Crippen molar-refractivity contribution in [3.8, 4) is 5.75 Å². The highest BCUT2D eigenvalue weighted by Gasteiger charge is 2.26. The Hall–Kier alpha value is -1.10. The highest BCUT2D eigenvalue weighted by Crippen LogP contribution is 2.26. The lowest BCUT2D eigenvalue weighted by molar-refractivity contribution is -0.0166. The predicted molar refractivity (Wildman–Crippen MR) is 77.1 cm³/mol. The standard InChI is InChI=1S/C16H23NO3/c1-18-14-6-2-12(3-7-14)16(10-17-13-4-5-13)20-15-8-9-19-11-15/h2-3,6-7,13,15-17H,4-5,8-11H2,1H3. The van der Waals surface area contributed by atoms with Crippen LogP contribution >= 0.6 is 0 Å². The van der Waals surface area contributed by atoms with Crippen molar-refractivity contribution >= 4 is 0 Å². The second kappa shape index (κ2) is 6.57. The molecule has 4 heteroatoms. The second-order valence-corrected chi connectivity index (χ2v) is 5.57. The Bertz CT molecular complexity index is 410. The second-order valence-electron chi connectivity index (χ2n) is 5.57. The van der Waals surface area contributed by atoms with Crippen LogP contribution in [0.2, 0.25) is 0 Å². The molecule has 1 aliphatic carbocycles. The summed E-state index contributed by atoms with van der Waals surface area (Å²) in [4.78, 5) is 0. The monoisotopic (exact) mass is 277 g/mol. The molecule has 1 N–H and O–H groups in total. The van der Waals surface area contributed by atoms with Crippen LogP contribution in [0.1, 0.15) is 30.9 Å². The zero-order valence-electron chi connectivity index (χ0n) is 12.0. The molecule has 2 fully saturated rings. The van der Waals surface area contributed by atoms with Gasteiger partial charge in [0.15, 0.2) is 0 Å². The molecule has 110 valence electrons. The first-order valence-corrected chi connectivity index (χ1v) is 7.45. The van der Waals surface area contributed by atoms with Crippen LogP contribution < -0.4 is 10.1 Å². The lowest BCUT2D eigenvalue weighted by Gasteiger charge is -2.22. The maximum Gasteiger partial charge on any atom is 0.118 e. The first-order valence-electron chi connectivity index (χ1n) is 7.45. The largest absolute Gasteiger partial charge is 0.497 e. The molecule has 0 radical (unpaired) electrons. The molecule has 1 saturated carbocycles. The van der Waals surface area contributed by atoms with Gasteiger partial charge in [0.25, 0.3) is 0 Å². The van der Waals surface area contributed by atoms with Crippen molar-refractivity contribution in [3.05, 3.63) is 29.8 Å². The molecule has 1 heterocycles. The highest BCUT2D eigenvalue weighted by molar-refractivity contribution is 5.28. The van der Waals surface area contributed by atoms with E-state index in [2.05, 4.69) is 17.4 Å². The van der Waals surface area contributed by atoms with E-state index < -0.39 is 0 Å². The summed E-state index contributed by atoms with van der Waals surface area (Å²) in [6.45, 7) is 2.40. The summed E-state index contributed by atoms with van der Waals surface area (Å²) in [5, 5.41) is 3.56. The molecule has 1 aromatic carbocycles. The molecular weight excluding hydrogens is 254 g/mol. The minimum absolute atomic E-state index is 0.0909. The van der Waals surface area contributed by atoms with Gasteiger partial charge in [-0.1, -0.05) is 12.1 Å². The minimum atomic E-state index is 0.0909. The van der Waals surface area contributed by atoms with E-state index in [1.54, 1.807) is 7.11 Å². The SMILES string of the molecule is COc1ccc(C(CNC2CC2)OC2CCOC2)cc1. The van der Waals surface area contributed by atoms with Gasteiger partial charge in [-0.2, -0.15) is 0 Å². The molecule has 3 rings (SSSR count). The van der Waals surface area contributed by atoms with Crippen molar-refractivity contribution in [1.82, 2.24) is 5.32 Å². The number of methoxy groups -OCH3 is 1. The first-order chi connectivity index (χ1) is 9.85. The topological polar surface area (TPSA) is 39.7 Å². The number of ether oxygens (including phenoxy) is 3. The zero-order chi connectivity index (χ0) is 13.8. The van der Waals surface area contributed by atoms with E-state index in [-0.39, 0.29) is 12.2 Å². The van der Waals surface area contributed by atoms with Crippen LogP contribution in [-0.2, 0) is 9.47 Å². The summed E-state index contributed by atoms with van der Waals surface area (Å²) in [5.41, 5.74) is 1.20. The van der Waals surface area contributed by atoms with Gasteiger partial charge >= 0.3 is 0 Å². The molecule has 0 bridgehead atoms. The fourth-order valence-electron chi connectivity index (χ4n) is 2.48. The summed E-state index contributed by atoms with van der Waals surface area (Å²) >= 11 is 0. The van der Waals surface area contributed by atoms with Crippen molar-refractivity contribution in [2.24, 2.45) is 0 Å². The minimum Gasteiger partial charge on any atom is -0.497 e. The molecule has 2 atom stereocenters. The number of nitrogens with one attached hydrogen (secondary N) is 1. The van der Waals surface area contributed by atoms with Gasteiger partial charge in [-0.3, -0.25) is 0 Å². The van der Waals surface area contributed by atoms with E-state index in [9.17, 15) is 0 Å². The van der Waals surface area contributed by atoms with Crippen molar-refractivity contribution in [1.29, 1.82) is 0 Å². The highest BCUT2D eigenvalue weighted by atomic mass is 16.6. The third-order valence-electron chi connectivity index (χ3n) is 3.90. The molecule has 1 aliphatic heterocycles. The van der Waals surface area contributed by atoms with Crippen LogP contribution in [0, 0.1) is 0 Å². The first kappa shape index (κ1) is 13.9. The molecule has 0 spiro atoms. The van der Waals surface area contributed by atoms with E-state index >= 15 is 0 Å². The third kappa shape index (κ3) is 3.72. The van der Waals surface area contributed by atoms with Gasteiger partial charge in [-0.25, -0.2) is 0 Å². The number of rotatable bonds is 7. The normalized spacial score (nSPS) is 23.8.